The lowest BCUT2D eigenvalue weighted by atomic mass is 10.00. The van der Waals surface area contributed by atoms with Gasteiger partial charge in [0.2, 0.25) is 5.91 Å². The summed E-state index contributed by atoms with van der Waals surface area (Å²) < 4.78 is 4.66. The van der Waals surface area contributed by atoms with E-state index >= 15 is 0 Å². The Kier molecular flexibility index (Phi) is 6.23. The highest BCUT2D eigenvalue weighted by Gasteiger charge is 2.35. The second-order valence-electron chi connectivity index (χ2n) is 6.88. The van der Waals surface area contributed by atoms with E-state index in [0.29, 0.717) is 0 Å². The van der Waals surface area contributed by atoms with E-state index in [1.165, 1.54) is 18.2 Å². The summed E-state index contributed by atoms with van der Waals surface area (Å²) in [6.45, 7) is 6.69. The van der Waals surface area contributed by atoms with Crippen molar-refractivity contribution in [3.63, 3.8) is 0 Å². The van der Waals surface area contributed by atoms with Crippen molar-refractivity contribution in [1.29, 1.82) is 0 Å². The van der Waals surface area contributed by atoms with E-state index in [-0.39, 0.29) is 17.9 Å². The first kappa shape index (κ1) is 18.3. The highest BCUT2D eigenvalue weighted by Crippen LogP contribution is 2.23. The van der Waals surface area contributed by atoms with Crippen LogP contribution in [0, 0.1) is 12.8 Å². The molecule has 0 bridgehead atoms. The first-order valence-electron chi connectivity index (χ1n) is 8.63. The van der Waals surface area contributed by atoms with Crippen LogP contribution in [0.1, 0.15) is 37.8 Å². The predicted molar refractivity (Wildman–Crippen MR) is 93.8 cm³/mol. The lowest BCUT2D eigenvalue weighted by molar-refractivity contribution is -0.135. The molecule has 1 aromatic carbocycles. The number of benzene rings is 1. The van der Waals surface area contributed by atoms with Gasteiger partial charge in [-0.1, -0.05) is 43.7 Å². The number of carbonyl (C=O) groups excluding carboxylic acids is 2. The molecule has 0 unspecified atom stereocenters. The van der Waals surface area contributed by atoms with Crippen LogP contribution in [0.25, 0.3) is 0 Å². The van der Waals surface area contributed by atoms with E-state index in [1.54, 1.807) is 0 Å². The van der Waals surface area contributed by atoms with E-state index < -0.39 is 12.1 Å². The van der Waals surface area contributed by atoms with E-state index in [2.05, 4.69) is 41.2 Å². The van der Waals surface area contributed by atoms with Gasteiger partial charge in [-0.3, -0.25) is 4.79 Å². The molecular formula is C19H28N2O3. The van der Waals surface area contributed by atoms with Crippen molar-refractivity contribution >= 4 is 12.0 Å². The Labute approximate surface area is 144 Å². The second kappa shape index (κ2) is 8.18. The van der Waals surface area contributed by atoms with Crippen molar-refractivity contribution in [3.8, 4) is 0 Å². The number of ether oxygens (including phenoxy) is 1. The molecule has 2 atom stereocenters. The molecule has 0 aliphatic carbocycles. The van der Waals surface area contributed by atoms with Crippen LogP contribution >= 0.6 is 0 Å². The minimum atomic E-state index is -0.559. The number of nitrogens with zero attached hydrogens (tertiary/aromatic N) is 1. The highest BCUT2D eigenvalue weighted by molar-refractivity contribution is 5.86. The molecule has 1 fully saturated rings. The van der Waals surface area contributed by atoms with E-state index in [9.17, 15) is 9.59 Å². The Morgan fingerprint density at radius 3 is 2.54 bits per heavy atom. The van der Waals surface area contributed by atoms with Crippen LogP contribution in [-0.2, 0) is 16.0 Å². The Balaban J connectivity index is 2.08. The van der Waals surface area contributed by atoms with Gasteiger partial charge in [-0.15, -0.1) is 0 Å². The van der Waals surface area contributed by atoms with Gasteiger partial charge < -0.3 is 15.0 Å². The standard InChI is InChI=1S/C19H28N2O3/c1-13(2)17(20-19(23)24-4)18(22)21-11-5-6-16(21)12-15-9-7-14(3)8-10-15/h7-10,13,16-17H,5-6,11-12H2,1-4H3,(H,20,23)/t16-,17-/m0/s1. The normalized spacial score (nSPS) is 18.5. The Morgan fingerprint density at radius 2 is 1.96 bits per heavy atom. The fraction of sp³-hybridized carbons (Fsp3) is 0.579. The second-order valence-corrected chi connectivity index (χ2v) is 6.88. The zero-order chi connectivity index (χ0) is 17.7. The molecule has 1 heterocycles. The van der Waals surface area contributed by atoms with Crippen LogP contribution in [-0.4, -0.2) is 42.6 Å². The third-order valence-corrected chi connectivity index (χ3v) is 4.64. The van der Waals surface area contributed by atoms with Crippen LogP contribution in [0.2, 0.25) is 0 Å². The molecule has 1 aliphatic heterocycles. The highest BCUT2D eigenvalue weighted by atomic mass is 16.5. The van der Waals surface area contributed by atoms with Gasteiger partial charge in [0.25, 0.3) is 0 Å². The quantitative estimate of drug-likeness (QED) is 0.902. The Hall–Kier alpha value is -2.04. The number of hydrogen-bond donors (Lipinski definition) is 1. The minimum absolute atomic E-state index is 0.00925. The molecule has 24 heavy (non-hydrogen) atoms. The molecule has 1 N–H and O–H groups in total. The van der Waals surface area contributed by atoms with Crippen LogP contribution in [0.15, 0.2) is 24.3 Å². The van der Waals surface area contributed by atoms with Crippen molar-refractivity contribution in [2.75, 3.05) is 13.7 Å². The van der Waals surface area contributed by atoms with Gasteiger partial charge in [0, 0.05) is 12.6 Å². The molecule has 1 aliphatic rings. The minimum Gasteiger partial charge on any atom is -0.453 e. The topological polar surface area (TPSA) is 58.6 Å². The van der Waals surface area contributed by atoms with Gasteiger partial charge in [-0.25, -0.2) is 4.79 Å². The maximum atomic E-state index is 12.9. The van der Waals surface area contributed by atoms with E-state index in [0.717, 1.165) is 25.8 Å². The van der Waals surface area contributed by atoms with E-state index in [4.69, 9.17) is 0 Å². The van der Waals surface area contributed by atoms with Crippen LogP contribution < -0.4 is 5.32 Å². The number of nitrogens with one attached hydrogen (secondary N) is 1. The molecular weight excluding hydrogens is 304 g/mol. The SMILES string of the molecule is COC(=O)N[C@H](C(=O)N1CCC[C@H]1Cc1ccc(C)cc1)C(C)C. The lowest BCUT2D eigenvalue weighted by Gasteiger charge is -2.31. The first-order chi connectivity index (χ1) is 11.4. The maximum absolute atomic E-state index is 12.9. The molecule has 2 amide bonds. The predicted octanol–water partition coefficient (Wildman–Crippen LogP) is 2.91. The molecule has 1 aromatic rings. The van der Waals surface area contributed by atoms with Crippen LogP contribution in [0.5, 0.6) is 0 Å². The number of alkyl carbamates (subject to hydrolysis) is 1. The first-order valence-corrected chi connectivity index (χ1v) is 8.63. The van der Waals surface area contributed by atoms with Gasteiger partial charge in [-0.2, -0.15) is 0 Å². The molecule has 1 saturated heterocycles. The van der Waals surface area contributed by atoms with Crippen molar-refractivity contribution in [1.82, 2.24) is 10.2 Å². The summed E-state index contributed by atoms with van der Waals surface area (Å²) in [6.07, 6.45) is 2.31. The monoisotopic (exact) mass is 332 g/mol. The van der Waals surface area contributed by atoms with Gasteiger partial charge >= 0.3 is 6.09 Å². The summed E-state index contributed by atoms with van der Waals surface area (Å²) in [4.78, 5) is 26.4. The fourth-order valence-electron chi connectivity index (χ4n) is 3.21. The van der Waals surface area contributed by atoms with Crippen molar-refractivity contribution in [3.05, 3.63) is 35.4 Å². The van der Waals surface area contributed by atoms with Crippen molar-refractivity contribution < 1.29 is 14.3 Å². The van der Waals surface area contributed by atoms with Gasteiger partial charge in [0.05, 0.1) is 7.11 Å². The van der Waals surface area contributed by atoms with Crippen molar-refractivity contribution in [2.45, 2.75) is 52.1 Å². The average Bonchev–Trinajstić information content (AvgIpc) is 3.01. The molecule has 132 valence electrons. The van der Waals surface area contributed by atoms with Crippen LogP contribution in [0.4, 0.5) is 4.79 Å². The summed E-state index contributed by atoms with van der Waals surface area (Å²) in [5.74, 6) is 0.00207. The summed E-state index contributed by atoms with van der Waals surface area (Å²) in [7, 11) is 1.31. The lowest BCUT2D eigenvalue weighted by Crippen LogP contribution is -2.52. The number of carbonyl (C=O) groups is 2. The molecule has 5 heteroatoms. The van der Waals surface area contributed by atoms with E-state index in [1.807, 2.05) is 18.7 Å². The number of methoxy groups -OCH3 is 1. The van der Waals surface area contributed by atoms with Gasteiger partial charge in [-0.05, 0) is 37.7 Å². The smallest absolute Gasteiger partial charge is 0.407 e. The molecule has 0 radical (unpaired) electrons. The molecule has 5 nitrogen and oxygen atoms in total. The zero-order valence-corrected chi connectivity index (χ0v) is 15.0. The number of aryl methyl sites for hydroxylation is 1. The summed E-state index contributed by atoms with van der Waals surface area (Å²) >= 11 is 0. The molecule has 0 spiro atoms. The average molecular weight is 332 g/mol. The number of hydrogen-bond acceptors (Lipinski definition) is 3. The summed E-state index contributed by atoms with van der Waals surface area (Å²) in [6, 6.07) is 8.11. The largest absolute Gasteiger partial charge is 0.453 e. The van der Waals surface area contributed by atoms with Crippen molar-refractivity contribution in [2.24, 2.45) is 5.92 Å². The third-order valence-electron chi connectivity index (χ3n) is 4.64. The number of rotatable bonds is 5. The van der Waals surface area contributed by atoms with Gasteiger partial charge in [0.15, 0.2) is 0 Å². The Bertz CT molecular complexity index is 568. The molecule has 0 aromatic heterocycles. The molecule has 0 saturated carbocycles. The third kappa shape index (κ3) is 4.49. The fourth-order valence-corrected chi connectivity index (χ4v) is 3.21. The van der Waals surface area contributed by atoms with Crippen LogP contribution in [0.3, 0.4) is 0 Å². The zero-order valence-electron chi connectivity index (χ0n) is 15.0. The summed E-state index contributed by atoms with van der Waals surface area (Å²) in [5.41, 5.74) is 2.48. The number of likely N-dealkylation sites (tertiary alicyclic amines) is 1. The van der Waals surface area contributed by atoms with Gasteiger partial charge in [0.1, 0.15) is 6.04 Å². The molecule has 2 rings (SSSR count). The maximum Gasteiger partial charge on any atom is 0.407 e. The Morgan fingerprint density at radius 1 is 1.29 bits per heavy atom. The number of amides is 2. The summed E-state index contributed by atoms with van der Waals surface area (Å²) in [5, 5.41) is 2.68.